The number of aromatic nitrogens is 4. The van der Waals surface area contributed by atoms with Crippen molar-refractivity contribution in [2.75, 3.05) is 7.05 Å². The summed E-state index contributed by atoms with van der Waals surface area (Å²) in [6, 6.07) is 7.67. The van der Waals surface area contributed by atoms with Crippen LogP contribution >= 0.6 is 0 Å². The number of carbonyl (C=O) groups excluding carboxylic acids is 1. The minimum atomic E-state index is -0.303. The molecule has 1 aliphatic rings. The summed E-state index contributed by atoms with van der Waals surface area (Å²) in [5.74, 6) is 2.66. The number of likely N-dealkylation sites (N-methyl/N-ethyl adjacent to an activating group) is 1. The minimum absolute atomic E-state index is 0.0292. The molecule has 7 nitrogen and oxygen atoms in total. The van der Waals surface area contributed by atoms with Crippen molar-refractivity contribution in [1.29, 1.82) is 0 Å². The Kier molecular flexibility index (Phi) is 4.68. The molecule has 2 aromatic heterocycles. The van der Waals surface area contributed by atoms with E-state index in [9.17, 15) is 4.79 Å². The molecule has 1 aromatic carbocycles. The lowest BCUT2D eigenvalue weighted by atomic mass is 10.1. The zero-order valence-corrected chi connectivity index (χ0v) is 16.1. The van der Waals surface area contributed by atoms with E-state index in [1.54, 1.807) is 11.9 Å². The molecule has 1 aliphatic carbocycles. The number of rotatable bonds is 7. The molecule has 0 spiro atoms. The molecule has 7 heteroatoms. The number of fused-ring (bicyclic) bond motifs is 1. The molecule has 0 bridgehead atoms. The fourth-order valence-corrected chi connectivity index (χ4v) is 3.53. The van der Waals surface area contributed by atoms with Crippen LogP contribution in [0.3, 0.4) is 0 Å². The topological polar surface area (TPSA) is 77.1 Å². The number of imidazole rings is 1. The Morgan fingerprint density at radius 1 is 1.30 bits per heavy atom. The summed E-state index contributed by atoms with van der Waals surface area (Å²) >= 11 is 0. The third-order valence-corrected chi connectivity index (χ3v) is 5.14. The number of benzene rings is 1. The summed E-state index contributed by atoms with van der Waals surface area (Å²) in [5, 5.41) is 4.03. The van der Waals surface area contributed by atoms with E-state index in [4.69, 9.17) is 9.51 Å². The van der Waals surface area contributed by atoms with Crippen LogP contribution in [0.2, 0.25) is 0 Å². The van der Waals surface area contributed by atoms with Crippen LogP contribution in [-0.4, -0.2) is 37.5 Å². The predicted molar refractivity (Wildman–Crippen MR) is 101 cm³/mol. The second kappa shape index (κ2) is 7.13. The van der Waals surface area contributed by atoms with E-state index in [1.165, 1.54) is 0 Å². The Bertz CT molecular complexity index is 956. The number of nitrogens with zero attached hydrogens (tertiary/aromatic N) is 5. The Morgan fingerprint density at radius 3 is 2.78 bits per heavy atom. The highest BCUT2D eigenvalue weighted by molar-refractivity contribution is 5.84. The highest BCUT2D eigenvalue weighted by Crippen LogP contribution is 2.38. The second-order valence-corrected chi connectivity index (χ2v) is 7.18. The molecule has 142 valence electrons. The third-order valence-electron chi connectivity index (χ3n) is 5.14. The highest BCUT2D eigenvalue weighted by atomic mass is 16.5. The van der Waals surface area contributed by atoms with E-state index in [0.717, 1.165) is 41.9 Å². The molecule has 3 aromatic rings. The first-order chi connectivity index (χ1) is 13.1. The van der Waals surface area contributed by atoms with Gasteiger partial charge in [-0.2, -0.15) is 4.98 Å². The summed E-state index contributed by atoms with van der Waals surface area (Å²) in [7, 11) is 1.79. The number of hydrogen-bond acceptors (Lipinski definition) is 5. The van der Waals surface area contributed by atoms with Gasteiger partial charge in [0.25, 0.3) is 0 Å². The molecule has 0 aliphatic heterocycles. The molecule has 1 saturated carbocycles. The Balaban J connectivity index is 1.58. The van der Waals surface area contributed by atoms with Gasteiger partial charge in [0.15, 0.2) is 5.82 Å². The van der Waals surface area contributed by atoms with Gasteiger partial charge in [-0.3, -0.25) is 4.79 Å². The van der Waals surface area contributed by atoms with Crippen molar-refractivity contribution in [3.63, 3.8) is 0 Å². The molecular weight excluding hydrogens is 342 g/mol. The first-order valence-corrected chi connectivity index (χ1v) is 9.65. The van der Waals surface area contributed by atoms with Crippen LogP contribution in [0, 0.1) is 0 Å². The lowest BCUT2D eigenvalue weighted by molar-refractivity contribution is -0.134. The van der Waals surface area contributed by atoms with Gasteiger partial charge in [0, 0.05) is 19.4 Å². The van der Waals surface area contributed by atoms with Crippen molar-refractivity contribution in [3.8, 4) is 0 Å². The fraction of sp³-hybridized carbons (Fsp3) is 0.500. The van der Waals surface area contributed by atoms with Gasteiger partial charge in [0.1, 0.15) is 11.9 Å². The number of aryl methyl sites for hydroxylation is 1. The quantitative estimate of drug-likeness (QED) is 0.639. The smallest absolute Gasteiger partial charge is 0.246 e. The molecule has 0 saturated heterocycles. The average molecular weight is 367 g/mol. The van der Waals surface area contributed by atoms with Gasteiger partial charge in [-0.05, 0) is 31.4 Å². The molecule has 0 N–H and O–H groups in total. The molecule has 0 unspecified atom stereocenters. The molecule has 0 radical (unpaired) electrons. The summed E-state index contributed by atoms with van der Waals surface area (Å²) in [6.07, 6.45) is 3.71. The standard InChI is InChI=1S/C20H25N5O2/c1-4-15(25-16-9-7-6-8-14(16)21-17(25)5-2)20(26)24(3)12-18-22-19(23-27-18)13-10-11-13/h6-9,13,15H,4-5,10-12H2,1-3H3/t15-/m0/s1. The Labute approximate surface area is 158 Å². The molecule has 1 amide bonds. The van der Waals surface area contributed by atoms with Crippen molar-refractivity contribution < 1.29 is 9.32 Å². The van der Waals surface area contributed by atoms with Gasteiger partial charge < -0.3 is 14.0 Å². The summed E-state index contributed by atoms with van der Waals surface area (Å²) in [4.78, 5) is 24.0. The van der Waals surface area contributed by atoms with Gasteiger partial charge in [-0.15, -0.1) is 0 Å². The molecule has 27 heavy (non-hydrogen) atoms. The Hall–Kier alpha value is -2.70. The first kappa shape index (κ1) is 17.7. The largest absolute Gasteiger partial charge is 0.337 e. The number of hydrogen-bond donors (Lipinski definition) is 0. The number of carbonyl (C=O) groups is 1. The maximum Gasteiger partial charge on any atom is 0.246 e. The number of amides is 1. The van der Waals surface area contributed by atoms with E-state index < -0.39 is 0 Å². The third kappa shape index (κ3) is 3.34. The van der Waals surface area contributed by atoms with Crippen molar-refractivity contribution in [2.45, 2.75) is 58.0 Å². The average Bonchev–Trinajstić information content (AvgIpc) is 3.32. The van der Waals surface area contributed by atoms with Crippen molar-refractivity contribution in [2.24, 2.45) is 0 Å². The van der Waals surface area contributed by atoms with Crippen LogP contribution < -0.4 is 0 Å². The van der Waals surface area contributed by atoms with Gasteiger partial charge in [-0.25, -0.2) is 4.98 Å². The molecule has 1 fully saturated rings. The van der Waals surface area contributed by atoms with E-state index in [0.29, 0.717) is 24.8 Å². The normalized spacial score (nSPS) is 15.2. The van der Waals surface area contributed by atoms with Crippen LogP contribution in [0.25, 0.3) is 11.0 Å². The van der Waals surface area contributed by atoms with Crippen LogP contribution in [-0.2, 0) is 17.8 Å². The SMILES string of the molecule is CCc1nc2ccccc2n1[C@@H](CC)C(=O)N(C)Cc1nc(C2CC2)no1. The summed E-state index contributed by atoms with van der Waals surface area (Å²) in [5.41, 5.74) is 1.92. The first-order valence-electron chi connectivity index (χ1n) is 9.65. The van der Waals surface area contributed by atoms with Crippen molar-refractivity contribution in [1.82, 2.24) is 24.6 Å². The van der Waals surface area contributed by atoms with Gasteiger partial charge in [0.2, 0.25) is 11.8 Å². The second-order valence-electron chi connectivity index (χ2n) is 7.18. The van der Waals surface area contributed by atoms with Crippen LogP contribution in [0.5, 0.6) is 0 Å². The number of para-hydroxylation sites is 2. The minimum Gasteiger partial charge on any atom is -0.337 e. The predicted octanol–water partition coefficient (Wildman–Crippen LogP) is 3.47. The lowest BCUT2D eigenvalue weighted by Crippen LogP contribution is -2.34. The highest BCUT2D eigenvalue weighted by Gasteiger charge is 2.30. The summed E-state index contributed by atoms with van der Waals surface area (Å²) in [6.45, 7) is 4.42. The zero-order chi connectivity index (χ0) is 19.0. The van der Waals surface area contributed by atoms with Crippen molar-refractivity contribution >= 4 is 16.9 Å². The van der Waals surface area contributed by atoms with Crippen LogP contribution in [0.15, 0.2) is 28.8 Å². The monoisotopic (exact) mass is 367 g/mol. The van der Waals surface area contributed by atoms with Gasteiger partial charge in [-0.1, -0.05) is 31.1 Å². The maximum absolute atomic E-state index is 13.2. The lowest BCUT2D eigenvalue weighted by Gasteiger charge is -2.24. The summed E-state index contributed by atoms with van der Waals surface area (Å²) < 4.78 is 7.41. The zero-order valence-electron chi connectivity index (χ0n) is 16.1. The van der Waals surface area contributed by atoms with E-state index >= 15 is 0 Å². The molecule has 1 atom stereocenters. The van der Waals surface area contributed by atoms with Gasteiger partial charge in [0.05, 0.1) is 17.6 Å². The van der Waals surface area contributed by atoms with Crippen molar-refractivity contribution in [3.05, 3.63) is 41.8 Å². The van der Waals surface area contributed by atoms with E-state index in [-0.39, 0.29) is 11.9 Å². The molecule has 4 rings (SSSR count). The fourth-order valence-electron chi connectivity index (χ4n) is 3.53. The van der Waals surface area contributed by atoms with Gasteiger partial charge >= 0.3 is 0 Å². The van der Waals surface area contributed by atoms with Crippen LogP contribution in [0.4, 0.5) is 0 Å². The van der Waals surface area contributed by atoms with E-state index in [2.05, 4.69) is 21.6 Å². The van der Waals surface area contributed by atoms with Crippen LogP contribution in [0.1, 0.15) is 62.6 Å². The maximum atomic E-state index is 13.2. The van der Waals surface area contributed by atoms with E-state index in [1.807, 2.05) is 31.2 Å². The molecule has 2 heterocycles. The molecular formula is C20H25N5O2. The Morgan fingerprint density at radius 2 is 2.07 bits per heavy atom.